The highest BCUT2D eigenvalue weighted by atomic mass is 35.5. The Labute approximate surface area is 157 Å². The van der Waals surface area contributed by atoms with Gasteiger partial charge in [0.15, 0.2) is 12.3 Å². The lowest BCUT2D eigenvalue weighted by Gasteiger charge is -2.08. The minimum Gasteiger partial charge on any atom is -0.451 e. The summed E-state index contributed by atoms with van der Waals surface area (Å²) in [7, 11) is 0. The van der Waals surface area contributed by atoms with Crippen LogP contribution in [0.15, 0.2) is 35.1 Å². The molecule has 1 heterocycles. The number of non-ortho nitro benzene ring substituents is 1. The van der Waals surface area contributed by atoms with Crippen molar-refractivity contribution in [3.63, 3.8) is 0 Å². The van der Waals surface area contributed by atoms with Crippen molar-refractivity contribution in [1.82, 2.24) is 9.78 Å². The molecule has 0 spiro atoms. The second-order valence-electron chi connectivity index (χ2n) is 5.33. The number of nitrogens with one attached hydrogen (secondary N) is 1. The summed E-state index contributed by atoms with van der Waals surface area (Å²) in [5.74, 6) is -1.63. The number of aromatic nitrogens is 2. The van der Waals surface area contributed by atoms with E-state index in [9.17, 15) is 24.5 Å². The molecule has 142 valence electrons. The van der Waals surface area contributed by atoms with E-state index in [4.69, 9.17) is 16.3 Å². The number of aryl methyl sites for hydroxylation is 1. The van der Waals surface area contributed by atoms with Gasteiger partial charge < -0.3 is 10.1 Å². The number of amides is 1. The van der Waals surface area contributed by atoms with Gasteiger partial charge in [0, 0.05) is 24.7 Å². The van der Waals surface area contributed by atoms with E-state index in [0.29, 0.717) is 13.0 Å². The molecule has 11 heteroatoms. The number of esters is 1. The van der Waals surface area contributed by atoms with Crippen molar-refractivity contribution in [3.05, 3.63) is 61.5 Å². The summed E-state index contributed by atoms with van der Waals surface area (Å²) >= 11 is 5.88. The average Bonchev–Trinajstić information content (AvgIpc) is 2.63. The zero-order valence-corrected chi connectivity index (χ0v) is 14.9. The Kier molecular flexibility index (Phi) is 6.61. The maximum absolute atomic E-state index is 12.0. The predicted octanol–water partition coefficient (Wildman–Crippen LogP) is 2.01. The number of nitrogens with zero attached hydrogens (tertiary/aromatic N) is 3. The molecule has 0 fully saturated rings. The van der Waals surface area contributed by atoms with Gasteiger partial charge in [0.1, 0.15) is 0 Å². The Morgan fingerprint density at radius 3 is 2.74 bits per heavy atom. The summed E-state index contributed by atoms with van der Waals surface area (Å²) < 4.78 is 5.97. The van der Waals surface area contributed by atoms with E-state index in [2.05, 4.69) is 10.4 Å². The van der Waals surface area contributed by atoms with Gasteiger partial charge in [-0.05, 0) is 18.6 Å². The fourth-order valence-electron chi connectivity index (χ4n) is 2.04. The van der Waals surface area contributed by atoms with Crippen LogP contribution >= 0.6 is 11.6 Å². The maximum Gasteiger partial charge on any atom is 0.359 e. The van der Waals surface area contributed by atoms with Gasteiger partial charge in [-0.25, -0.2) is 9.48 Å². The van der Waals surface area contributed by atoms with Crippen LogP contribution in [0, 0.1) is 10.1 Å². The van der Waals surface area contributed by atoms with Gasteiger partial charge in [-0.1, -0.05) is 18.5 Å². The summed E-state index contributed by atoms with van der Waals surface area (Å²) in [6, 6.07) is 5.93. The van der Waals surface area contributed by atoms with E-state index in [1.165, 1.54) is 24.3 Å². The fourth-order valence-corrected chi connectivity index (χ4v) is 2.21. The number of halogens is 1. The molecule has 0 bridgehead atoms. The van der Waals surface area contributed by atoms with Crippen LogP contribution in [-0.2, 0) is 16.1 Å². The zero-order chi connectivity index (χ0) is 20.0. The highest BCUT2D eigenvalue weighted by Crippen LogP contribution is 2.26. The number of carbonyl (C=O) groups excluding carboxylic acids is 2. The number of hydrogen-bond acceptors (Lipinski definition) is 7. The summed E-state index contributed by atoms with van der Waals surface area (Å²) in [4.78, 5) is 45.6. The summed E-state index contributed by atoms with van der Waals surface area (Å²) in [6.45, 7) is 1.53. The van der Waals surface area contributed by atoms with E-state index in [-0.39, 0.29) is 27.7 Å². The van der Waals surface area contributed by atoms with Gasteiger partial charge in [-0.3, -0.25) is 19.7 Å². The normalized spacial score (nSPS) is 10.3. The van der Waals surface area contributed by atoms with Crippen molar-refractivity contribution in [2.75, 3.05) is 11.9 Å². The molecule has 2 aromatic rings. The quantitative estimate of drug-likeness (QED) is 0.431. The third-order valence-electron chi connectivity index (χ3n) is 3.28. The number of rotatable bonds is 7. The minimum absolute atomic E-state index is 0.0153. The highest BCUT2D eigenvalue weighted by Gasteiger charge is 2.15. The third kappa shape index (κ3) is 5.35. The van der Waals surface area contributed by atoms with Gasteiger partial charge in [0.25, 0.3) is 17.2 Å². The molecule has 0 aliphatic heterocycles. The van der Waals surface area contributed by atoms with Crippen LogP contribution < -0.4 is 10.9 Å². The fraction of sp³-hybridized carbons (Fsp3) is 0.250. The molecule has 27 heavy (non-hydrogen) atoms. The first kappa shape index (κ1) is 20.0. The average molecular weight is 395 g/mol. The van der Waals surface area contributed by atoms with Crippen molar-refractivity contribution in [1.29, 1.82) is 0 Å². The lowest BCUT2D eigenvalue weighted by molar-refractivity contribution is -0.384. The molecule has 10 nitrogen and oxygen atoms in total. The van der Waals surface area contributed by atoms with E-state index in [1.807, 2.05) is 6.92 Å². The lowest BCUT2D eigenvalue weighted by atomic mass is 10.3. The Hall–Kier alpha value is -3.27. The first-order valence-corrected chi connectivity index (χ1v) is 8.18. The molecule has 0 saturated heterocycles. The van der Waals surface area contributed by atoms with Crippen LogP contribution in [0.2, 0.25) is 5.02 Å². The van der Waals surface area contributed by atoms with Gasteiger partial charge in [-0.15, -0.1) is 0 Å². The standard InChI is InChI=1S/C16H15ClN4O6/c1-2-7-20-15(23)6-5-12(19-20)16(24)27-9-14(22)18-13-8-10(21(25)26)3-4-11(13)17/h3-6,8H,2,7,9H2,1H3,(H,18,22). The Bertz CT molecular complexity index is 943. The van der Waals surface area contributed by atoms with E-state index in [0.717, 1.165) is 10.7 Å². The smallest absolute Gasteiger partial charge is 0.359 e. The minimum atomic E-state index is -0.889. The summed E-state index contributed by atoms with van der Waals surface area (Å²) in [5, 5.41) is 17.1. The first-order valence-electron chi connectivity index (χ1n) is 7.81. The monoisotopic (exact) mass is 394 g/mol. The van der Waals surface area contributed by atoms with Crippen molar-refractivity contribution >= 4 is 34.9 Å². The highest BCUT2D eigenvalue weighted by molar-refractivity contribution is 6.33. The second-order valence-corrected chi connectivity index (χ2v) is 5.73. The van der Waals surface area contributed by atoms with Crippen LogP contribution in [0.4, 0.5) is 11.4 Å². The number of anilines is 1. The molecule has 0 aliphatic rings. The second kappa shape index (κ2) is 8.90. The van der Waals surface area contributed by atoms with Crippen molar-refractivity contribution in [2.45, 2.75) is 19.9 Å². The molecule has 2 rings (SSSR count). The SMILES string of the molecule is CCCn1nc(C(=O)OCC(=O)Nc2cc([N+](=O)[O-])ccc2Cl)ccc1=O. The molecule has 0 atom stereocenters. The summed E-state index contributed by atoms with van der Waals surface area (Å²) in [5.41, 5.74) is -0.716. The van der Waals surface area contributed by atoms with E-state index < -0.39 is 23.4 Å². The topological polar surface area (TPSA) is 133 Å². The number of carbonyl (C=O) groups is 2. The van der Waals surface area contributed by atoms with Crippen LogP contribution in [-0.4, -0.2) is 33.2 Å². The van der Waals surface area contributed by atoms with Crippen LogP contribution in [0.5, 0.6) is 0 Å². The molecule has 0 aliphatic carbocycles. The molecule has 1 N–H and O–H groups in total. The molecule has 0 radical (unpaired) electrons. The van der Waals surface area contributed by atoms with E-state index in [1.54, 1.807) is 0 Å². The molecular formula is C16H15ClN4O6. The van der Waals surface area contributed by atoms with Crippen molar-refractivity contribution in [2.24, 2.45) is 0 Å². The molecule has 1 aromatic carbocycles. The van der Waals surface area contributed by atoms with Crippen molar-refractivity contribution < 1.29 is 19.2 Å². The number of nitro benzene ring substituents is 1. The molecule has 0 saturated carbocycles. The first-order chi connectivity index (χ1) is 12.8. The zero-order valence-electron chi connectivity index (χ0n) is 14.2. The van der Waals surface area contributed by atoms with Crippen LogP contribution in [0.3, 0.4) is 0 Å². The molecule has 0 unspecified atom stereocenters. The number of benzene rings is 1. The van der Waals surface area contributed by atoms with Gasteiger partial charge in [-0.2, -0.15) is 5.10 Å². The van der Waals surface area contributed by atoms with Gasteiger partial charge in [0.2, 0.25) is 0 Å². The molecule has 1 amide bonds. The maximum atomic E-state index is 12.0. The Morgan fingerprint density at radius 2 is 2.07 bits per heavy atom. The van der Waals surface area contributed by atoms with Gasteiger partial charge >= 0.3 is 5.97 Å². The number of hydrogen-bond donors (Lipinski definition) is 1. The Morgan fingerprint density at radius 1 is 1.33 bits per heavy atom. The largest absolute Gasteiger partial charge is 0.451 e. The number of ether oxygens (including phenoxy) is 1. The van der Waals surface area contributed by atoms with Crippen LogP contribution in [0.1, 0.15) is 23.8 Å². The van der Waals surface area contributed by atoms with Gasteiger partial charge in [0.05, 0.1) is 15.6 Å². The molecular weight excluding hydrogens is 380 g/mol. The lowest BCUT2D eigenvalue weighted by Crippen LogP contribution is -2.26. The predicted molar refractivity (Wildman–Crippen MR) is 95.8 cm³/mol. The van der Waals surface area contributed by atoms with E-state index >= 15 is 0 Å². The third-order valence-corrected chi connectivity index (χ3v) is 3.61. The summed E-state index contributed by atoms with van der Waals surface area (Å²) in [6.07, 6.45) is 0.651. The Balaban J connectivity index is 2.00. The molecule has 1 aromatic heterocycles. The van der Waals surface area contributed by atoms with Crippen molar-refractivity contribution in [3.8, 4) is 0 Å². The number of nitro groups is 1. The van der Waals surface area contributed by atoms with Crippen LogP contribution in [0.25, 0.3) is 0 Å².